The van der Waals surface area contributed by atoms with E-state index in [0.29, 0.717) is 0 Å². The quantitative estimate of drug-likeness (QED) is 0.700. The predicted molar refractivity (Wildman–Crippen MR) is 96.6 cm³/mol. The zero-order chi connectivity index (χ0) is 16.6. The Labute approximate surface area is 136 Å². The fourth-order valence-electron chi connectivity index (χ4n) is 2.77. The fourth-order valence-corrected chi connectivity index (χ4v) is 2.77. The summed E-state index contributed by atoms with van der Waals surface area (Å²) >= 11 is 0. The largest absolute Gasteiger partial charge is 0.497 e. The Bertz CT molecular complexity index is 870. The van der Waals surface area contributed by atoms with Gasteiger partial charge in [0.15, 0.2) is 0 Å². The molecule has 23 heavy (non-hydrogen) atoms. The molecule has 4 nitrogen and oxygen atoms in total. The van der Waals surface area contributed by atoms with Crippen molar-refractivity contribution in [2.75, 3.05) is 18.2 Å². The zero-order valence-corrected chi connectivity index (χ0v) is 13.9. The van der Waals surface area contributed by atoms with Crippen molar-refractivity contribution in [2.24, 2.45) is 0 Å². The minimum absolute atomic E-state index is 0.742. The third-order valence-electron chi connectivity index (χ3n) is 4.12. The van der Waals surface area contributed by atoms with Crippen molar-refractivity contribution < 1.29 is 4.74 Å². The number of ether oxygens (including phenoxy) is 1. The first-order chi connectivity index (χ1) is 11.0. The third kappa shape index (κ3) is 2.80. The molecule has 0 saturated carbocycles. The predicted octanol–water partition coefficient (Wildman–Crippen LogP) is 4.49. The van der Waals surface area contributed by atoms with Crippen molar-refractivity contribution in [1.29, 1.82) is 0 Å². The molecule has 1 heterocycles. The maximum absolute atomic E-state index is 6.28. The van der Waals surface area contributed by atoms with Gasteiger partial charge in [-0.15, -0.1) is 0 Å². The maximum Gasteiger partial charge on any atom is 0.119 e. The van der Waals surface area contributed by atoms with E-state index in [-0.39, 0.29) is 0 Å². The first kappa shape index (κ1) is 15.2. The molecule has 3 aromatic rings. The van der Waals surface area contributed by atoms with Gasteiger partial charge in [0, 0.05) is 22.5 Å². The van der Waals surface area contributed by atoms with Gasteiger partial charge >= 0.3 is 0 Å². The van der Waals surface area contributed by atoms with Crippen molar-refractivity contribution in [2.45, 2.75) is 20.8 Å². The van der Waals surface area contributed by atoms with Crippen LogP contribution in [-0.2, 0) is 0 Å². The molecule has 0 unspecified atom stereocenters. The van der Waals surface area contributed by atoms with Crippen LogP contribution in [0.4, 0.5) is 17.1 Å². The van der Waals surface area contributed by atoms with Crippen molar-refractivity contribution in [1.82, 2.24) is 4.98 Å². The monoisotopic (exact) mass is 307 g/mol. The van der Waals surface area contributed by atoms with Crippen LogP contribution in [-0.4, -0.2) is 12.1 Å². The second kappa shape index (κ2) is 5.80. The number of fused-ring (bicyclic) bond motifs is 1. The maximum atomic E-state index is 6.28. The van der Waals surface area contributed by atoms with Gasteiger partial charge in [0.05, 0.1) is 18.3 Å². The lowest BCUT2D eigenvalue weighted by Crippen LogP contribution is -2.00. The number of aromatic nitrogens is 1. The van der Waals surface area contributed by atoms with Gasteiger partial charge in [0.1, 0.15) is 5.75 Å². The van der Waals surface area contributed by atoms with E-state index in [9.17, 15) is 0 Å². The summed E-state index contributed by atoms with van der Waals surface area (Å²) in [5, 5.41) is 4.42. The van der Waals surface area contributed by atoms with Gasteiger partial charge in [-0.25, -0.2) is 0 Å². The Morgan fingerprint density at radius 2 is 1.74 bits per heavy atom. The van der Waals surface area contributed by atoms with E-state index in [4.69, 9.17) is 10.5 Å². The van der Waals surface area contributed by atoms with E-state index in [2.05, 4.69) is 24.1 Å². The lowest BCUT2D eigenvalue weighted by Gasteiger charge is -2.15. The van der Waals surface area contributed by atoms with Crippen molar-refractivity contribution in [3.63, 3.8) is 0 Å². The van der Waals surface area contributed by atoms with Crippen LogP contribution in [0.5, 0.6) is 5.75 Å². The summed E-state index contributed by atoms with van der Waals surface area (Å²) in [6.45, 7) is 6.14. The van der Waals surface area contributed by atoms with E-state index in [1.807, 2.05) is 43.3 Å². The van der Waals surface area contributed by atoms with Gasteiger partial charge in [-0.1, -0.05) is 0 Å². The van der Waals surface area contributed by atoms with Gasteiger partial charge < -0.3 is 15.8 Å². The van der Waals surface area contributed by atoms with Crippen LogP contribution >= 0.6 is 0 Å². The highest BCUT2D eigenvalue weighted by Crippen LogP contribution is 2.34. The van der Waals surface area contributed by atoms with Crippen molar-refractivity contribution >= 4 is 28.0 Å². The summed E-state index contributed by atoms with van der Waals surface area (Å²) in [6, 6.07) is 11.9. The Balaban J connectivity index is 2.14. The van der Waals surface area contributed by atoms with Crippen molar-refractivity contribution in [3.8, 4) is 5.75 Å². The van der Waals surface area contributed by atoms with E-state index in [0.717, 1.165) is 50.5 Å². The third-order valence-corrected chi connectivity index (χ3v) is 4.12. The summed E-state index contributed by atoms with van der Waals surface area (Å²) in [7, 11) is 1.66. The number of rotatable bonds is 3. The topological polar surface area (TPSA) is 60.2 Å². The van der Waals surface area contributed by atoms with Crippen molar-refractivity contribution in [3.05, 3.63) is 53.2 Å². The number of nitrogens with zero attached hydrogens (tertiary/aromatic N) is 1. The lowest BCUT2D eigenvalue weighted by atomic mass is 10.0. The number of pyridine rings is 1. The van der Waals surface area contributed by atoms with Crippen LogP contribution < -0.4 is 15.8 Å². The molecule has 0 radical (unpaired) electrons. The molecule has 0 saturated heterocycles. The molecular formula is C19H21N3O. The summed E-state index contributed by atoms with van der Waals surface area (Å²) in [5.74, 6) is 0.831. The lowest BCUT2D eigenvalue weighted by molar-refractivity contribution is 0.415. The van der Waals surface area contributed by atoms with E-state index >= 15 is 0 Å². The average Bonchev–Trinajstić information content (AvgIpc) is 2.53. The second-order valence-corrected chi connectivity index (χ2v) is 5.80. The molecule has 3 N–H and O–H groups in total. The van der Waals surface area contributed by atoms with Gasteiger partial charge in [-0.3, -0.25) is 4.98 Å². The number of benzene rings is 2. The molecule has 0 aliphatic rings. The van der Waals surface area contributed by atoms with Crippen LogP contribution in [0, 0.1) is 20.8 Å². The number of aryl methyl sites for hydroxylation is 3. The molecule has 0 spiro atoms. The summed E-state index contributed by atoms with van der Waals surface area (Å²) in [5.41, 5.74) is 13.2. The first-order valence-electron chi connectivity index (χ1n) is 7.57. The standard InChI is InChI=1S/C19H21N3O/c1-11-9-16(20)18-17(10-12(2)21-19(18)13(11)3)22-14-5-7-15(23-4)8-6-14/h5-10H,20H2,1-4H3,(H,21,22). The zero-order valence-electron chi connectivity index (χ0n) is 13.9. The number of nitrogen functional groups attached to an aromatic ring is 1. The fraction of sp³-hybridized carbons (Fsp3) is 0.211. The SMILES string of the molecule is COc1ccc(Nc2cc(C)nc3c(C)c(C)cc(N)c23)cc1. The number of hydrogen-bond donors (Lipinski definition) is 2. The minimum atomic E-state index is 0.742. The molecule has 0 atom stereocenters. The highest BCUT2D eigenvalue weighted by Gasteiger charge is 2.12. The highest BCUT2D eigenvalue weighted by molar-refractivity contribution is 6.03. The molecule has 0 bridgehead atoms. The molecule has 0 amide bonds. The number of hydrogen-bond acceptors (Lipinski definition) is 4. The molecule has 0 fully saturated rings. The minimum Gasteiger partial charge on any atom is -0.497 e. The average molecular weight is 307 g/mol. The summed E-state index contributed by atoms with van der Waals surface area (Å²) in [4.78, 5) is 4.69. The van der Waals surface area contributed by atoms with Crippen LogP contribution in [0.15, 0.2) is 36.4 Å². The summed E-state index contributed by atoms with van der Waals surface area (Å²) < 4.78 is 5.20. The molecule has 2 aromatic carbocycles. The highest BCUT2D eigenvalue weighted by atomic mass is 16.5. The van der Waals surface area contributed by atoms with E-state index in [1.54, 1.807) is 7.11 Å². The molecule has 0 aliphatic heterocycles. The second-order valence-electron chi connectivity index (χ2n) is 5.80. The smallest absolute Gasteiger partial charge is 0.119 e. The molecule has 0 aliphatic carbocycles. The van der Waals surface area contributed by atoms with Gasteiger partial charge in [-0.2, -0.15) is 0 Å². The Morgan fingerprint density at radius 3 is 2.39 bits per heavy atom. The molecule has 1 aromatic heterocycles. The first-order valence-corrected chi connectivity index (χ1v) is 7.57. The Morgan fingerprint density at radius 1 is 1.04 bits per heavy atom. The van der Waals surface area contributed by atoms with E-state index in [1.165, 1.54) is 0 Å². The van der Waals surface area contributed by atoms with E-state index < -0.39 is 0 Å². The van der Waals surface area contributed by atoms with Gasteiger partial charge in [0.25, 0.3) is 0 Å². The van der Waals surface area contributed by atoms with Crippen LogP contribution in [0.1, 0.15) is 16.8 Å². The normalized spacial score (nSPS) is 10.8. The number of nitrogens with two attached hydrogens (primary N) is 1. The van der Waals surface area contributed by atoms with Gasteiger partial charge in [-0.05, 0) is 68.3 Å². The molecular weight excluding hydrogens is 286 g/mol. The Hall–Kier alpha value is -2.75. The van der Waals surface area contributed by atoms with Crippen LogP contribution in [0.3, 0.4) is 0 Å². The van der Waals surface area contributed by atoms with Crippen LogP contribution in [0.2, 0.25) is 0 Å². The molecule has 3 rings (SSSR count). The molecule has 118 valence electrons. The number of anilines is 3. The van der Waals surface area contributed by atoms with Gasteiger partial charge in [0.2, 0.25) is 0 Å². The molecule has 4 heteroatoms. The summed E-state index contributed by atoms with van der Waals surface area (Å²) in [6.07, 6.45) is 0. The Kier molecular flexibility index (Phi) is 3.82. The number of methoxy groups -OCH3 is 1. The van der Waals surface area contributed by atoms with Crippen LogP contribution in [0.25, 0.3) is 10.9 Å². The number of nitrogens with one attached hydrogen (secondary N) is 1.